The Labute approximate surface area is 165 Å². The number of carbonyl (C=O) groups excluding carboxylic acids is 3. The van der Waals surface area contributed by atoms with Gasteiger partial charge in [-0.1, -0.05) is 49.7 Å². The van der Waals surface area contributed by atoms with Crippen molar-refractivity contribution in [2.24, 2.45) is 5.41 Å². The summed E-state index contributed by atoms with van der Waals surface area (Å²) >= 11 is 0. The normalized spacial score (nSPS) is 11.0. The Morgan fingerprint density at radius 1 is 0.857 bits per heavy atom. The zero-order valence-electron chi connectivity index (χ0n) is 17.0. The van der Waals surface area contributed by atoms with E-state index in [1.165, 1.54) is 0 Å². The van der Waals surface area contributed by atoms with Crippen LogP contribution < -0.4 is 0 Å². The molecule has 0 aliphatic heterocycles. The third kappa shape index (κ3) is 5.52. The van der Waals surface area contributed by atoms with Crippen LogP contribution in [0.15, 0.2) is 42.5 Å². The molecule has 2 aromatic carbocycles. The summed E-state index contributed by atoms with van der Waals surface area (Å²) in [6.07, 6.45) is 0. The van der Waals surface area contributed by atoms with Gasteiger partial charge < -0.3 is 9.47 Å². The van der Waals surface area contributed by atoms with Crippen molar-refractivity contribution in [2.45, 2.75) is 34.6 Å². The van der Waals surface area contributed by atoms with Gasteiger partial charge in [0.15, 0.2) is 0 Å². The van der Waals surface area contributed by atoms with Gasteiger partial charge in [-0.05, 0) is 44.0 Å². The number of ether oxygens (including phenoxy) is 2. The Kier molecular flexibility index (Phi) is 6.73. The maximum Gasteiger partial charge on any atom is 0.379 e. The van der Waals surface area contributed by atoms with Crippen LogP contribution in [0.25, 0.3) is 0 Å². The third-order valence-corrected chi connectivity index (χ3v) is 4.29. The fraction of sp³-hybridized carbons (Fsp3) is 0.348. The fourth-order valence-electron chi connectivity index (χ4n) is 2.93. The summed E-state index contributed by atoms with van der Waals surface area (Å²) in [5.41, 5.74) is 2.73. The van der Waals surface area contributed by atoms with Crippen LogP contribution in [0.4, 0.5) is 0 Å². The standard InChI is InChI=1S/C23H26O5/c1-15-11-16(2)19(17(3)12-15)20(24)22(26)28-14-23(4,5)13-27-21(25)18-9-7-6-8-10-18/h6-12H,13-14H2,1-5H3. The van der Waals surface area contributed by atoms with Crippen LogP contribution in [-0.4, -0.2) is 30.9 Å². The predicted molar refractivity (Wildman–Crippen MR) is 106 cm³/mol. The number of rotatable bonds is 7. The van der Waals surface area contributed by atoms with E-state index in [0.717, 1.165) is 16.7 Å². The SMILES string of the molecule is Cc1cc(C)c(C(=O)C(=O)OCC(C)(C)COC(=O)c2ccccc2)c(C)c1. The number of aryl methyl sites for hydroxylation is 3. The summed E-state index contributed by atoms with van der Waals surface area (Å²) in [7, 11) is 0. The topological polar surface area (TPSA) is 69.7 Å². The Morgan fingerprint density at radius 3 is 1.96 bits per heavy atom. The van der Waals surface area contributed by atoms with E-state index in [0.29, 0.717) is 11.1 Å². The molecule has 0 bridgehead atoms. The van der Waals surface area contributed by atoms with Gasteiger partial charge >= 0.3 is 11.9 Å². The molecule has 5 nitrogen and oxygen atoms in total. The highest BCUT2D eigenvalue weighted by Crippen LogP contribution is 2.20. The minimum Gasteiger partial charge on any atom is -0.461 e. The van der Waals surface area contributed by atoms with Gasteiger partial charge in [-0.2, -0.15) is 0 Å². The number of hydrogen-bond acceptors (Lipinski definition) is 5. The number of Topliss-reactive ketones (excluding diaryl/α,β-unsaturated/α-hetero) is 1. The van der Waals surface area contributed by atoms with Gasteiger partial charge in [-0.15, -0.1) is 0 Å². The number of benzene rings is 2. The minimum absolute atomic E-state index is 0.0381. The van der Waals surface area contributed by atoms with Crippen molar-refractivity contribution < 1.29 is 23.9 Å². The Hall–Kier alpha value is -2.95. The van der Waals surface area contributed by atoms with Gasteiger partial charge in [-0.25, -0.2) is 9.59 Å². The maximum absolute atomic E-state index is 12.5. The largest absolute Gasteiger partial charge is 0.461 e. The highest BCUT2D eigenvalue weighted by atomic mass is 16.6. The monoisotopic (exact) mass is 382 g/mol. The van der Waals surface area contributed by atoms with E-state index in [4.69, 9.17) is 9.47 Å². The molecule has 0 saturated carbocycles. The van der Waals surface area contributed by atoms with Gasteiger partial charge in [0.05, 0.1) is 12.2 Å². The second-order valence-electron chi connectivity index (χ2n) is 7.79. The van der Waals surface area contributed by atoms with E-state index >= 15 is 0 Å². The molecule has 2 aromatic rings. The average Bonchev–Trinajstić information content (AvgIpc) is 2.64. The molecule has 0 unspecified atom stereocenters. The first-order valence-corrected chi connectivity index (χ1v) is 9.12. The molecule has 0 heterocycles. The van der Waals surface area contributed by atoms with Crippen molar-refractivity contribution in [3.63, 3.8) is 0 Å². The lowest BCUT2D eigenvalue weighted by Gasteiger charge is -2.23. The second kappa shape index (κ2) is 8.83. The van der Waals surface area contributed by atoms with Crippen molar-refractivity contribution >= 4 is 17.7 Å². The van der Waals surface area contributed by atoms with E-state index in [1.54, 1.807) is 52.0 Å². The highest BCUT2D eigenvalue weighted by molar-refractivity contribution is 6.41. The number of esters is 2. The van der Waals surface area contributed by atoms with Crippen molar-refractivity contribution in [2.75, 3.05) is 13.2 Å². The molecule has 0 spiro atoms. The highest BCUT2D eigenvalue weighted by Gasteiger charge is 2.27. The van der Waals surface area contributed by atoms with Gasteiger partial charge in [0, 0.05) is 11.0 Å². The number of carbonyl (C=O) groups is 3. The summed E-state index contributed by atoms with van der Waals surface area (Å²) in [5.74, 6) is -2.01. The fourth-order valence-corrected chi connectivity index (χ4v) is 2.93. The van der Waals surface area contributed by atoms with Gasteiger partial charge in [0.25, 0.3) is 5.78 Å². The van der Waals surface area contributed by atoms with Crippen molar-refractivity contribution in [1.82, 2.24) is 0 Å². The van der Waals surface area contributed by atoms with Crippen LogP contribution in [-0.2, 0) is 14.3 Å². The molecule has 5 heteroatoms. The van der Waals surface area contributed by atoms with Crippen LogP contribution in [0.1, 0.15) is 51.3 Å². The average molecular weight is 382 g/mol. The molecule has 2 rings (SSSR count). The molecule has 0 atom stereocenters. The lowest BCUT2D eigenvalue weighted by Crippen LogP contribution is -2.31. The number of hydrogen-bond donors (Lipinski definition) is 0. The molecule has 0 aliphatic carbocycles. The van der Waals surface area contributed by atoms with Crippen molar-refractivity contribution in [3.8, 4) is 0 Å². The molecule has 0 fully saturated rings. The summed E-state index contributed by atoms with van der Waals surface area (Å²) < 4.78 is 10.5. The Morgan fingerprint density at radius 2 is 1.39 bits per heavy atom. The second-order valence-corrected chi connectivity index (χ2v) is 7.79. The molecular formula is C23H26O5. The first kappa shape index (κ1) is 21.4. The van der Waals surface area contributed by atoms with E-state index in [1.807, 2.05) is 25.1 Å². The lowest BCUT2D eigenvalue weighted by molar-refractivity contribution is -0.141. The lowest BCUT2D eigenvalue weighted by atomic mass is 9.95. The molecule has 0 amide bonds. The van der Waals surface area contributed by atoms with Crippen LogP contribution in [0, 0.1) is 26.2 Å². The third-order valence-electron chi connectivity index (χ3n) is 4.29. The molecule has 0 aliphatic rings. The van der Waals surface area contributed by atoms with Crippen LogP contribution >= 0.6 is 0 Å². The predicted octanol–water partition coefficient (Wildman–Crippen LogP) is 4.22. The molecular weight excluding hydrogens is 356 g/mol. The number of ketones is 1. The maximum atomic E-state index is 12.5. The van der Waals surface area contributed by atoms with Gasteiger partial charge in [-0.3, -0.25) is 4.79 Å². The summed E-state index contributed by atoms with van der Waals surface area (Å²) in [4.78, 5) is 36.8. The van der Waals surface area contributed by atoms with E-state index in [9.17, 15) is 14.4 Å². The van der Waals surface area contributed by atoms with Crippen LogP contribution in [0.2, 0.25) is 0 Å². The molecule has 28 heavy (non-hydrogen) atoms. The molecule has 148 valence electrons. The first-order chi connectivity index (χ1) is 13.1. The van der Waals surface area contributed by atoms with E-state index in [-0.39, 0.29) is 13.2 Å². The van der Waals surface area contributed by atoms with Crippen molar-refractivity contribution in [1.29, 1.82) is 0 Å². The Bertz CT molecular complexity index is 858. The van der Waals surface area contributed by atoms with Crippen molar-refractivity contribution in [3.05, 3.63) is 70.3 Å². The summed E-state index contributed by atoms with van der Waals surface area (Å²) in [6.45, 7) is 9.15. The van der Waals surface area contributed by atoms with Crippen LogP contribution in [0.3, 0.4) is 0 Å². The van der Waals surface area contributed by atoms with E-state index < -0.39 is 23.1 Å². The van der Waals surface area contributed by atoms with Crippen LogP contribution in [0.5, 0.6) is 0 Å². The zero-order chi connectivity index (χ0) is 20.9. The Balaban J connectivity index is 1.94. The van der Waals surface area contributed by atoms with Gasteiger partial charge in [0.1, 0.15) is 6.61 Å². The minimum atomic E-state index is -0.905. The molecule has 0 saturated heterocycles. The van der Waals surface area contributed by atoms with E-state index in [2.05, 4.69) is 0 Å². The molecule has 0 aromatic heterocycles. The zero-order valence-corrected chi connectivity index (χ0v) is 17.0. The quantitative estimate of drug-likeness (QED) is 0.407. The summed E-state index contributed by atoms with van der Waals surface area (Å²) in [5, 5.41) is 0. The molecule has 0 N–H and O–H groups in total. The first-order valence-electron chi connectivity index (χ1n) is 9.12. The molecule has 0 radical (unpaired) electrons. The summed E-state index contributed by atoms with van der Waals surface area (Å²) in [6, 6.07) is 12.4. The van der Waals surface area contributed by atoms with Gasteiger partial charge in [0.2, 0.25) is 0 Å². The smallest absolute Gasteiger partial charge is 0.379 e.